The van der Waals surface area contributed by atoms with Gasteiger partial charge in [0, 0.05) is 19.1 Å². The molecule has 0 radical (unpaired) electrons. The number of nitrogens with one attached hydrogen (secondary N) is 1. The molecule has 1 fully saturated rings. The van der Waals surface area contributed by atoms with Gasteiger partial charge in [0.25, 0.3) is 0 Å². The number of aliphatic hydroxyl groups excluding tert-OH is 1. The Balaban J connectivity index is 1.69. The Morgan fingerprint density at radius 3 is 3.10 bits per heavy atom. The van der Waals surface area contributed by atoms with Crippen LogP contribution < -0.4 is 5.32 Å². The minimum atomic E-state index is -0.613. The number of hydrogen-bond acceptors (Lipinski definition) is 6. The zero-order valence-corrected chi connectivity index (χ0v) is 12.3. The van der Waals surface area contributed by atoms with Crippen LogP contribution in [0.3, 0.4) is 0 Å². The summed E-state index contributed by atoms with van der Waals surface area (Å²) in [7, 11) is 2.13. The highest BCUT2D eigenvalue weighted by molar-refractivity contribution is 5.20. The monoisotopic (exact) mass is 297 g/mol. The van der Waals surface area contributed by atoms with Crippen LogP contribution in [0.25, 0.3) is 0 Å². The summed E-state index contributed by atoms with van der Waals surface area (Å²) in [6.07, 6.45) is 5.61. The van der Waals surface area contributed by atoms with Crippen LogP contribution in [-0.2, 0) is 6.54 Å². The van der Waals surface area contributed by atoms with Crippen LogP contribution in [-0.4, -0.2) is 63.5 Å². The number of aromatic nitrogens is 2. The molecule has 1 aromatic rings. The average molecular weight is 297 g/mol. The van der Waals surface area contributed by atoms with E-state index >= 15 is 0 Å². The molecule has 1 aromatic heterocycles. The van der Waals surface area contributed by atoms with Crippen molar-refractivity contribution in [2.24, 2.45) is 0 Å². The average Bonchev–Trinajstić information content (AvgIpc) is 2.89. The molecule has 2 atom stereocenters. The zero-order chi connectivity index (χ0) is 15.2. The Bertz CT molecular complexity index is 464. The molecular weight excluding hydrogens is 274 g/mol. The van der Waals surface area contributed by atoms with Gasteiger partial charge in [0.2, 0.25) is 0 Å². The van der Waals surface area contributed by atoms with E-state index in [1.165, 1.54) is 36.3 Å². The van der Waals surface area contributed by atoms with Crippen molar-refractivity contribution in [3.8, 4) is 0 Å². The molecule has 0 spiro atoms. The number of nitro groups is 1. The number of piperidine rings is 1. The van der Waals surface area contributed by atoms with Crippen molar-refractivity contribution < 1.29 is 10.0 Å². The van der Waals surface area contributed by atoms with Crippen molar-refractivity contribution in [3.05, 3.63) is 22.5 Å². The van der Waals surface area contributed by atoms with Gasteiger partial charge in [-0.25, -0.2) is 0 Å². The summed E-state index contributed by atoms with van der Waals surface area (Å²) in [6.45, 7) is 2.69. The summed E-state index contributed by atoms with van der Waals surface area (Å²) in [5.74, 6) is 0. The Morgan fingerprint density at radius 2 is 2.43 bits per heavy atom. The molecule has 2 unspecified atom stereocenters. The Morgan fingerprint density at radius 1 is 1.62 bits per heavy atom. The lowest BCUT2D eigenvalue weighted by Crippen LogP contribution is -2.44. The lowest BCUT2D eigenvalue weighted by molar-refractivity contribution is -0.385. The molecule has 8 heteroatoms. The minimum absolute atomic E-state index is 0.0565. The maximum Gasteiger partial charge on any atom is 0.306 e. The number of likely N-dealkylation sites (tertiary alicyclic amines) is 1. The third-order valence-electron chi connectivity index (χ3n) is 3.91. The minimum Gasteiger partial charge on any atom is -0.390 e. The quantitative estimate of drug-likeness (QED) is 0.552. The zero-order valence-electron chi connectivity index (χ0n) is 12.3. The van der Waals surface area contributed by atoms with Gasteiger partial charge < -0.3 is 15.3 Å². The first kappa shape index (κ1) is 15.9. The Hall–Kier alpha value is -1.51. The van der Waals surface area contributed by atoms with Crippen LogP contribution >= 0.6 is 0 Å². The summed E-state index contributed by atoms with van der Waals surface area (Å²) in [5.41, 5.74) is -0.0565. The van der Waals surface area contributed by atoms with Crippen LogP contribution in [0.1, 0.15) is 19.3 Å². The molecule has 0 amide bonds. The number of rotatable bonds is 7. The Labute approximate surface area is 123 Å². The fourth-order valence-corrected chi connectivity index (χ4v) is 2.65. The van der Waals surface area contributed by atoms with Crippen LogP contribution in [0.2, 0.25) is 0 Å². The fourth-order valence-electron chi connectivity index (χ4n) is 2.65. The summed E-state index contributed by atoms with van der Waals surface area (Å²) >= 11 is 0. The highest BCUT2D eigenvalue weighted by Crippen LogP contribution is 2.14. The molecule has 118 valence electrons. The molecular formula is C13H23N5O3. The highest BCUT2D eigenvalue weighted by atomic mass is 16.6. The van der Waals surface area contributed by atoms with E-state index in [-0.39, 0.29) is 12.2 Å². The smallest absolute Gasteiger partial charge is 0.306 e. The first-order valence-corrected chi connectivity index (χ1v) is 7.32. The van der Waals surface area contributed by atoms with Crippen LogP contribution in [0.4, 0.5) is 5.69 Å². The van der Waals surface area contributed by atoms with Gasteiger partial charge in [-0.2, -0.15) is 5.10 Å². The molecule has 8 nitrogen and oxygen atoms in total. The van der Waals surface area contributed by atoms with E-state index in [0.29, 0.717) is 12.6 Å². The van der Waals surface area contributed by atoms with E-state index in [1.807, 2.05) is 0 Å². The second kappa shape index (κ2) is 7.48. The summed E-state index contributed by atoms with van der Waals surface area (Å²) in [5, 5.41) is 27.6. The standard InChI is InChI=1S/C13H23N5O3/c1-16-5-3-2-4-11(16)6-14-8-13(19)10-17-9-12(7-15-17)18(20)21/h7,9,11,13-14,19H,2-6,8,10H2,1H3. The van der Waals surface area contributed by atoms with Crippen molar-refractivity contribution in [3.63, 3.8) is 0 Å². The molecule has 2 N–H and O–H groups in total. The second-order valence-corrected chi connectivity index (χ2v) is 5.62. The highest BCUT2D eigenvalue weighted by Gasteiger charge is 2.18. The third-order valence-corrected chi connectivity index (χ3v) is 3.91. The third kappa shape index (κ3) is 4.76. The second-order valence-electron chi connectivity index (χ2n) is 5.62. The van der Waals surface area contributed by atoms with Gasteiger partial charge in [-0.15, -0.1) is 0 Å². The van der Waals surface area contributed by atoms with Crippen molar-refractivity contribution in [1.82, 2.24) is 20.0 Å². The van der Waals surface area contributed by atoms with Gasteiger partial charge in [-0.05, 0) is 26.4 Å². The van der Waals surface area contributed by atoms with Gasteiger partial charge in [-0.1, -0.05) is 6.42 Å². The largest absolute Gasteiger partial charge is 0.390 e. The van der Waals surface area contributed by atoms with Crippen LogP contribution in [0.15, 0.2) is 12.4 Å². The van der Waals surface area contributed by atoms with Crippen molar-refractivity contribution in [2.45, 2.75) is 38.0 Å². The maximum absolute atomic E-state index is 10.6. The number of nitrogens with zero attached hydrogens (tertiary/aromatic N) is 4. The molecule has 0 aromatic carbocycles. The van der Waals surface area contributed by atoms with Crippen LogP contribution in [0.5, 0.6) is 0 Å². The number of hydrogen-bond donors (Lipinski definition) is 2. The van der Waals surface area contributed by atoms with Gasteiger partial charge in [0.05, 0.1) is 17.6 Å². The molecule has 0 bridgehead atoms. The normalized spacial score (nSPS) is 21.3. The predicted octanol–water partition coefficient (Wildman–Crippen LogP) is 0.226. The molecule has 21 heavy (non-hydrogen) atoms. The number of likely N-dealkylation sites (N-methyl/N-ethyl adjacent to an activating group) is 1. The summed E-state index contributed by atoms with van der Waals surface area (Å²) in [6, 6.07) is 0.525. The van der Waals surface area contributed by atoms with E-state index in [0.717, 1.165) is 13.1 Å². The molecule has 1 saturated heterocycles. The summed E-state index contributed by atoms with van der Waals surface area (Å²) < 4.78 is 1.40. The van der Waals surface area contributed by atoms with Gasteiger partial charge in [-0.3, -0.25) is 14.8 Å². The molecule has 1 aliphatic rings. The molecule has 0 saturated carbocycles. The van der Waals surface area contributed by atoms with E-state index in [1.54, 1.807) is 0 Å². The van der Waals surface area contributed by atoms with Crippen molar-refractivity contribution in [2.75, 3.05) is 26.7 Å². The molecule has 1 aliphatic heterocycles. The summed E-state index contributed by atoms with van der Waals surface area (Å²) in [4.78, 5) is 12.4. The number of aliphatic hydroxyl groups is 1. The van der Waals surface area contributed by atoms with Gasteiger partial charge in [0.1, 0.15) is 12.4 Å². The first-order valence-electron chi connectivity index (χ1n) is 7.32. The molecule has 2 rings (SSSR count). The topological polar surface area (TPSA) is 96.5 Å². The lowest BCUT2D eigenvalue weighted by atomic mass is 10.0. The van der Waals surface area contributed by atoms with E-state index in [9.17, 15) is 15.2 Å². The lowest BCUT2D eigenvalue weighted by Gasteiger charge is -2.32. The van der Waals surface area contributed by atoms with E-state index in [4.69, 9.17) is 0 Å². The van der Waals surface area contributed by atoms with Gasteiger partial charge >= 0.3 is 5.69 Å². The maximum atomic E-state index is 10.6. The van der Waals surface area contributed by atoms with Crippen LogP contribution in [0, 0.1) is 10.1 Å². The SMILES string of the molecule is CN1CCCCC1CNCC(O)Cn1cc([N+](=O)[O-])cn1. The Kier molecular flexibility index (Phi) is 5.66. The van der Waals surface area contributed by atoms with Crippen molar-refractivity contribution >= 4 is 5.69 Å². The van der Waals surface area contributed by atoms with E-state index in [2.05, 4.69) is 22.4 Å². The molecule has 2 heterocycles. The van der Waals surface area contributed by atoms with Gasteiger partial charge in [0.15, 0.2) is 0 Å². The molecule has 0 aliphatic carbocycles. The van der Waals surface area contributed by atoms with Crippen molar-refractivity contribution in [1.29, 1.82) is 0 Å². The predicted molar refractivity (Wildman–Crippen MR) is 78.0 cm³/mol. The van der Waals surface area contributed by atoms with E-state index < -0.39 is 11.0 Å². The fraction of sp³-hybridized carbons (Fsp3) is 0.769. The first-order chi connectivity index (χ1) is 10.1.